The summed E-state index contributed by atoms with van der Waals surface area (Å²) in [6.07, 6.45) is 5.78. The van der Waals surface area contributed by atoms with Gasteiger partial charge in [-0.3, -0.25) is 4.79 Å². The molecule has 0 saturated carbocycles. The summed E-state index contributed by atoms with van der Waals surface area (Å²) in [6, 6.07) is 14.4. The Labute approximate surface area is 155 Å². The number of aryl methyl sites for hydroxylation is 1. The molecule has 1 unspecified atom stereocenters. The van der Waals surface area contributed by atoms with Gasteiger partial charge in [0.05, 0.1) is 0 Å². The molecule has 0 aliphatic carbocycles. The van der Waals surface area contributed by atoms with Gasteiger partial charge in [0.15, 0.2) is 6.20 Å². The van der Waals surface area contributed by atoms with E-state index in [2.05, 4.69) is 35.2 Å². The van der Waals surface area contributed by atoms with E-state index < -0.39 is 0 Å². The molecule has 136 valence electrons. The van der Waals surface area contributed by atoms with Gasteiger partial charge in [-0.25, -0.2) is 5.84 Å². The van der Waals surface area contributed by atoms with E-state index in [0.29, 0.717) is 17.4 Å². The molecule has 2 aromatic rings. The number of pyridine rings is 1. The maximum absolute atomic E-state index is 12.7. The Morgan fingerprint density at radius 2 is 1.77 bits per heavy atom. The second kappa shape index (κ2) is 7.46. The molecule has 26 heavy (non-hydrogen) atoms. The zero-order chi connectivity index (χ0) is 17.9. The zero-order valence-electron chi connectivity index (χ0n) is 15.1. The number of nitrogens with two attached hydrogens (primary N) is 1. The third kappa shape index (κ3) is 3.73. The summed E-state index contributed by atoms with van der Waals surface area (Å²) in [4.78, 5) is 17.3. The number of carbonyl (C=O) groups excluding carboxylic acids is 1. The fraction of sp³-hybridized carbons (Fsp3) is 0.429. The van der Waals surface area contributed by atoms with Crippen molar-refractivity contribution in [3.63, 3.8) is 0 Å². The fourth-order valence-corrected chi connectivity index (χ4v) is 4.39. The molecule has 2 fully saturated rings. The Morgan fingerprint density at radius 1 is 1.04 bits per heavy atom. The molecule has 0 bridgehead atoms. The van der Waals surface area contributed by atoms with E-state index in [1.54, 1.807) is 12.4 Å². The second-order valence-electron chi connectivity index (χ2n) is 7.62. The molecule has 1 aromatic heterocycles. The maximum Gasteiger partial charge on any atom is 0.260 e. The minimum absolute atomic E-state index is 0.106. The number of carbonyl (C=O) groups is 1. The average Bonchev–Trinajstić information content (AvgIpc) is 3.21. The van der Waals surface area contributed by atoms with Crippen molar-refractivity contribution >= 4 is 5.91 Å². The Balaban J connectivity index is 1.25. The van der Waals surface area contributed by atoms with Crippen molar-refractivity contribution in [2.45, 2.75) is 12.8 Å². The number of amides is 1. The van der Waals surface area contributed by atoms with E-state index in [4.69, 9.17) is 5.84 Å². The lowest BCUT2D eigenvalue weighted by Crippen LogP contribution is -2.45. The number of likely N-dealkylation sites (tertiary alicyclic amines) is 2. The monoisotopic (exact) mass is 351 g/mol. The van der Waals surface area contributed by atoms with Gasteiger partial charge in [-0.2, -0.15) is 0 Å². The van der Waals surface area contributed by atoms with Gasteiger partial charge < -0.3 is 9.80 Å². The highest BCUT2D eigenvalue weighted by atomic mass is 16.2. The average molecular weight is 351 g/mol. The topological polar surface area (TPSA) is 53.5 Å². The van der Waals surface area contributed by atoms with Crippen molar-refractivity contribution in [3.8, 4) is 0 Å². The summed E-state index contributed by atoms with van der Waals surface area (Å²) in [5.41, 5.74) is 2.10. The maximum atomic E-state index is 12.7. The van der Waals surface area contributed by atoms with Crippen LogP contribution in [0.4, 0.5) is 0 Å². The molecule has 2 N–H and O–H groups in total. The normalized spacial score (nSPS) is 22.5. The summed E-state index contributed by atoms with van der Waals surface area (Å²) in [5.74, 6) is 7.07. The molecule has 0 radical (unpaired) electrons. The molecule has 2 aliphatic heterocycles. The largest absolute Gasteiger partial charge is 0.338 e. The van der Waals surface area contributed by atoms with E-state index in [9.17, 15) is 4.79 Å². The summed E-state index contributed by atoms with van der Waals surface area (Å²) in [6.45, 7) is 5.14. The van der Waals surface area contributed by atoms with E-state index in [-0.39, 0.29) is 5.91 Å². The van der Waals surface area contributed by atoms with Crippen LogP contribution < -0.4 is 10.5 Å². The molecule has 2 atom stereocenters. The number of rotatable bonds is 5. The van der Waals surface area contributed by atoms with Gasteiger partial charge in [-0.1, -0.05) is 35.0 Å². The molecule has 4 rings (SSSR count). The zero-order valence-corrected chi connectivity index (χ0v) is 15.1. The third-order valence-electron chi connectivity index (χ3n) is 5.70. The Hall–Kier alpha value is -2.40. The minimum Gasteiger partial charge on any atom is -0.338 e. The van der Waals surface area contributed by atoms with Crippen LogP contribution in [0.15, 0.2) is 54.9 Å². The van der Waals surface area contributed by atoms with Gasteiger partial charge in [0.2, 0.25) is 6.20 Å². The quantitative estimate of drug-likeness (QED) is 0.653. The number of hydrogen-bond acceptors (Lipinski definition) is 3. The van der Waals surface area contributed by atoms with Crippen LogP contribution in [-0.4, -0.2) is 48.4 Å². The van der Waals surface area contributed by atoms with Crippen LogP contribution in [0, 0.1) is 11.8 Å². The summed E-state index contributed by atoms with van der Waals surface area (Å²) in [7, 11) is 0. The van der Waals surface area contributed by atoms with E-state index in [0.717, 1.165) is 39.1 Å². The van der Waals surface area contributed by atoms with Gasteiger partial charge in [-0.15, -0.1) is 0 Å². The molecular formula is C21H27N4O+. The lowest BCUT2D eigenvalue weighted by atomic mass is 10.0. The minimum atomic E-state index is 0.106. The lowest BCUT2D eigenvalue weighted by Gasteiger charge is -2.21. The van der Waals surface area contributed by atoms with Gasteiger partial charge in [0.1, 0.15) is 5.56 Å². The van der Waals surface area contributed by atoms with Crippen molar-refractivity contribution in [1.82, 2.24) is 9.80 Å². The van der Waals surface area contributed by atoms with Crippen molar-refractivity contribution in [3.05, 3.63) is 66.0 Å². The standard InChI is InChI=1S/C21H27N4O/c22-25-11-5-9-18(16-25)21(26)24-14-19-12-23(13-20(19)15-24)10-4-8-17-6-2-1-3-7-17/h1-3,5-7,9,11,16,19-20H,4,8,10,12-15,22H2/q+1/t19-,20?/m0/s1. The van der Waals surface area contributed by atoms with Crippen LogP contribution >= 0.6 is 0 Å². The predicted octanol–water partition coefficient (Wildman–Crippen LogP) is 1.32. The highest BCUT2D eigenvalue weighted by Gasteiger charge is 2.41. The van der Waals surface area contributed by atoms with E-state index >= 15 is 0 Å². The van der Waals surface area contributed by atoms with E-state index in [1.165, 1.54) is 16.7 Å². The molecule has 1 aromatic carbocycles. The number of nitrogen functional groups attached to an aromatic ring is 1. The third-order valence-corrected chi connectivity index (χ3v) is 5.70. The van der Waals surface area contributed by atoms with Crippen molar-refractivity contribution in [1.29, 1.82) is 0 Å². The first-order valence-corrected chi connectivity index (χ1v) is 9.51. The first-order chi connectivity index (χ1) is 12.7. The molecule has 0 spiro atoms. The van der Waals surface area contributed by atoms with Crippen LogP contribution in [0.5, 0.6) is 0 Å². The predicted molar refractivity (Wildman–Crippen MR) is 101 cm³/mol. The number of aromatic nitrogens is 1. The number of fused-ring (bicyclic) bond motifs is 1. The van der Waals surface area contributed by atoms with Crippen molar-refractivity contribution in [2.24, 2.45) is 11.8 Å². The molecule has 2 saturated heterocycles. The van der Waals surface area contributed by atoms with E-state index in [1.807, 2.05) is 17.0 Å². The summed E-state index contributed by atoms with van der Waals surface area (Å²) in [5, 5.41) is 0. The van der Waals surface area contributed by atoms with Crippen LogP contribution in [-0.2, 0) is 6.42 Å². The second-order valence-corrected chi connectivity index (χ2v) is 7.62. The van der Waals surface area contributed by atoms with Crippen LogP contribution in [0.1, 0.15) is 22.3 Å². The first kappa shape index (κ1) is 17.0. The molecule has 2 aliphatic rings. The number of nitrogens with zero attached hydrogens (tertiary/aromatic N) is 3. The smallest absolute Gasteiger partial charge is 0.260 e. The molecule has 3 heterocycles. The van der Waals surface area contributed by atoms with Crippen LogP contribution in [0.3, 0.4) is 0 Å². The van der Waals surface area contributed by atoms with Crippen LogP contribution in [0.25, 0.3) is 0 Å². The molecule has 5 nitrogen and oxygen atoms in total. The summed E-state index contributed by atoms with van der Waals surface area (Å²) >= 11 is 0. The highest BCUT2D eigenvalue weighted by Crippen LogP contribution is 2.31. The first-order valence-electron chi connectivity index (χ1n) is 9.51. The number of benzene rings is 1. The Morgan fingerprint density at radius 3 is 2.46 bits per heavy atom. The Kier molecular flexibility index (Phi) is 4.89. The summed E-state index contributed by atoms with van der Waals surface area (Å²) < 4.78 is 1.44. The SMILES string of the molecule is N[n+]1cccc(C(=O)N2CC3CN(CCCc4ccccc4)C[C@H]3C2)c1. The lowest BCUT2D eigenvalue weighted by molar-refractivity contribution is -0.639. The fourth-order valence-electron chi connectivity index (χ4n) is 4.39. The molecular weight excluding hydrogens is 324 g/mol. The van der Waals surface area contributed by atoms with Gasteiger partial charge >= 0.3 is 0 Å². The molecule has 1 amide bonds. The van der Waals surface area contributed by atoms with Crippen molar-refractivity contribution < 1.29 is 9.47 Å². The van der Waals surface area contributed by atoms with Gasteiger partial charge in [0.25, 0.3) is 5.91 Å². The van der Waals surface area contributed by atoms with Gasteiger partial charge in [-0.05, 0) is 42.9 Å². The van der Waals surface area contributed by atoms with Crippen molar-refractivity contribution in [2.75, 3.05) is 38.6 Å². The van der Waals surface area contributed by atoms with Gasteiger partial charge in [0, 0.05) is 32.2 Å². The number of hydrogen-bond donors (Lipinski definition) is 1. The molecule has 5 heteroatoms. The Bertz CT molecular complexity index is 750. The highest BCUT2D eigenvalue weighted by molar-refractivity contribution is 5.93. The van der Waals surface area contributed by atoms with Crippen LogP contribution in [0.2, 0.25) is 0 Å².